The lowest BCUT2D eigenvalue weighted by Gasteiger charge is -2.32. The number of carbonyl (C=O) groups excluding carboxylic acids is 2. The van der Waals surface area contributed by atoms with Crippen LogP contribution in [0.5, 0.6) is 0 Å². The zero-order valence-electron chi connectivity index (χ0n) is 15.8. The van der Waals surface area contributed by atoms with Crippen LogP contribution in [-0.2, 0) is 12.1 Å². The highest BCUT2D eigenvalue weighted by Crippen LogP contribution is 2.41. The van der Waals surface area contributed by atoms with Crippen molar-refractivity contribution in [2.75, 3.05) is 5.32 Å². The van der Waals surface area contributed by atoms with Crippen LogP contribution in [0.25, 0.3) is 0 Å². The molecule has 1 aliphatic rings. The third kappa shape index (κ3) is 3.26. The average molecular weight is 396 g/mol. The van der Waals surface area contributed by atoms with Crippen molar-refractivity contribution in [1.29, 1.82) is 0 Å². The Hall–Kier alpha value is -3.55. The van der Waals surface area contributed by atoms with E-state index in [0.717, 1.165) is 0 Å². The molecular weight excluding hydrogens is 378 g/mol. The second-order valence-corrected chi connectivity index (χ2v) is 7.34. The summed E-state index contributed by atoms with van der Waals surface area (Å²) in [4.78, 5) is 27.1. The zero-order valence-corrected chi connectivity index (χ0v) is 15.8. The second kappa shape index (κ2) is 6.80. The number of aromatic amines is 1. The number of fused-ring (bicyclic) bond motifs is 1. The monoisotopic (exact) mass is 396 g/mol. The third-order valence-electron chi connectivity index (χ3n) is 5.14. The molecule has 148 valence electrons. The van der Waals surface area contributed by atoms with Crippen molar-refractivity contribution in [3.8, 4) is 0 Å². The summed E-state index contributed by atoms with van der Waals surface area (Å²) < 4.78 is 26.2. The number of carbonyl (C=O) groups is 2. The van der Waals surface area contributed by atoms with Crippen LogP contribution < -0.4 is 5.32 Å². The number of H-pyrrole nitrogens is 1. The van der Waals surface area contributed by atoms with Crippen molar-refractivity contribution in [3.63, 3.8) is 0 Å². The van der Waals surface area contributed by atoms with Crippen LogP contribution in [0.3, 0.4) is 0 Å². The summed E-state index contributed by atoms with van der Waals surface area (Å²) in [7, 11) is 0. The van der Waals surface area contributed by atoms with Crippen LogP contribution in [0.2, 0.25) is 0 Å². The molecule has 0 saturated heterocycles. The molecular formula is C21H18F2N4O2. The quantitative estimate of drug-likeness (QED) is 0.706. The number of hydrogen-bond acceptors (Lipinski definition) is 3. The van der Waals surface area contributed by atoms with Crippen molar-refractivity contribution in [3.05, 3.63) is 82.5 Å². The van der Waals surface area contributed by atoms with E-state index in [2.05, 4.69) is 15.5 Å². The van der Waals surface area contributed by atoms with E-state index < -0.39 is 23.1 Å². The van der Waals surface area contributed by atoms with E-state index in [9.17, 15) is 18.4 Å². The van der Waals surface area contributed by atoms with Gasteiger partial charge in [-0.05, 0) is 62.4 Å². The Kier molecular flexibility index (Phi) is 4.41. The van der Waals surface area contributed by atoms with Gasteiger partial charge in [-0.25, -0.2) is 8.78 Å². The molecule has 2 amide bonds. The molecule has 0 spiro atoms. The first-order valence-corrected chi connectivity index (χ1v) is 8.99. The summed E-state index contributed by atoms with van der Waals surface area (Å²) in [6, 6.07) is 10.5. The van der Waals surface area contributed by atoms with Crippen LogP contribution in [0.15, 0.2) is 48.5 Å². The fraction of sp³-hybridized carbons (Fsp3) is 0.190. The molecule has 0 saturated carbocycles. The Balaban J connectivity index is 1.59. The van der Waals surface area contributed by atoms with Gasteiger partial charge >= 0.3 is 0 Å². The van der Waals surface area contributed by atoms with Gasteiger partial charge in [-0.15, -0.1) is 0 Å². The molecule has 0 bridgehead atoms. The van der Waals surface area contributed by atoms with Crippen LogP contribution in [0.1, 0.15) is 45.8 Å². The molecule has 1 aromatic heterocycles. The van der Waals surface area contributed by atoms with Gasteiger partial charge in [0.15, 0.2) is 5.82 Å². The van der Waals surface area contributed by atoms with Crippen LogP contribution in [0, 0.1) is 11.6 Å². The van der Waals surface area contributed by atoms with Gasteiger partial charge < -0.3 is 10.2 Å². The molecule has 4 rings (SSSR count). The van der Waals surface area contributed by atoms with Crippen LogP contribution in [-0.4, -0.2) is 26.9 Å². The molecule has 2 N–H and O–H groups in total. The van der Waals surface area contributed by atoms with Crippen molar-refractivity contribution in [2.45, 2.75) is 25.9 Å². The van der Waals surface area contributed by atoms with Gasteiger partial charge in [-0.1, -0.05) is 0 Å². The topological polar surface area (TPSA) is 78.1 Å². The summed E-state index contributed by atoms with van der Waals surface area (Å²) in [6.07, 6.45) is 0. The Labute approximate surface area is 165 Å². The van der Waals surface area contributed by atoms with E-state index in [0.29, 0.717) is 28.2 Å². The minimum absolute atomic E-state index is 0.230. The molecule has 0 radical (unpaired) electrons. The lowest BCUT2D eigenvalue weighted by molar-refractivity contribution is 0.0568. The molecule has 8 heteroatoms. The van der Waals surface area contributed by atoms with Gasteiger partial charge in [0.25, 0.3) is 11.8 Å². The summed E-state index contributed by atoms with van der Waals surface area (Å²) in [6.45, 7) is 3.96. The van der Waals surface area contributed by atoms with E-state index in [1.54, 1.807) is 4.90 Å². The number of benzene rings is 2. The van der Waals surface area contributed by atoms with Gasteiger partial charge in [0.2, 0.25) is 0 Å². The Morgan fingerprint density at radius 3 is 2.14 bits per heavy atom. The van der Waals surface area contributed by atoms with E-state index in [-0.39, 0.29) is 12.5 Å². The maximum atomic E-state index is 13.2. The summed E-state index contributed by atoms with van der Waals surface area (Å²) in [5.41, 5.74) is 1.37. The van der Waals surface area contributed by atoms with E-state index >= 15 is 0 Å². The smallest absolute Gasteiger partial charge is 0.256 e. The normalized spacial score (nSPS) is 14.6. The van der Waals surface area contributed by atoms with Crippen molar-refractivity contribution in [1.82, 2.24) is 15.1 Å². The summed E-state index contributed by atoms with van der Waals surface area (Å²) >= 11 is 0. The Morgan fingerprint density at radius 2 is 1.55 bits per heavy atom. The fourth-order valence-corrected chi connectivity index (χ4v) is 3.47. The molecule has 0 fully saturated rings. The number of amides is 2. The lowest BCUT2D eigenvalue weighted by Crippen LogP contribution is -2.40. The molecule has 0 aliphatic carbocycles. The van der Waals surface area contributed by atoms with Crippen molar-refractivity contribution < 1.29 is 18.4 Å². The number of hydrogen-bond donors (Lipinski definition) is 2. The second-order valence-electron chi connectivity index (χ2n) is 7.34. The fourth-order valence-electron chi connectivity index (χ4n) is 3.47. The molecule has 6 nitrogen and oxygen atoms in total. The molecule has 1 aliphatic heterocycles. The highest BCUT2D eigenvalue weighted by Gasteiger charge is 2.44. The van der Waals surface area contributed by atoms with Crippen LogP contribution >= 0.6 is 0 Å². The summed E-state index contributed by atoms with van der Waals surface area (Å²) in [5.74, 6) is -1.21. The molecule has 0 atom stereocenters. The van der Waals surface area contributed by atoms with Gasteiger partial charge in [0, 0.05) is 16.7 Å². The molecule has 2 heterocycles. The van der Waals surface area contributed by atoms with Gasteiger partial charge in [0.1, 0.15) is 11.6 Å². The van der Waals surface area contributed by atoms with Gasteiger partial charge in [-0.2, -0.15) is 5.10 Å². The number of halogens is 2. The first-order chi connectivity index (χ1) is 13.8. The van der Waals surface area contributed by atoms with Crippen LogP contribution in [0.4, 0.5) is 14.6 Å². The number of rotatable bonds is 3. The van der Waals surface area contributed by atoms with E-state index in [1.165, 1.54) is 48.5 Å². The minimum atomic E-state index is -0.702. The van der Waals surface area contributed by atoms with Crippen molar-refractivity contribution in [2.24, 2.45) is 0 Å². The predicted molar refractivity (Wildman–Crippen MR) is 102 cm³/mol. The zero-order chi connectivity index (χ0) is 20.8. The first-order valence-electron chi connectivity index (χ1n) is 8.99. The highest BCUT2D eigenvalue weighted by atomic mass is 19.1. The number of nitrogens with zero attached hydrogens (tertiary/aromatic N) is 2. The SMILES string of the molecule is CC1(C)c2[nH]nc(NC(=O)c3ccc(F)cc3)c2CN1C(=O)c1ccc(F)cc1. The molecule has 2 aromatic carbocycles. The largest absolute Gasteiger partial charge is 0.323 e. The van der Waals surface area contributed by atoms with E-state index in [4.69, 9.17) is 0 Å². The van der Waals surface area contributed by atoms with E-state index in [1.807, 2.05) is 13.8 Å². The van der Waals surface area contributed by atoms with Crippen molar-refractivity contribution >= 4 is 17.6 Å². The number of aromatic nitrogens is 2. The molecule has 0 unspecified atom stereocenters. The summed E-state index contributed by atoms with van der Waals surface area (Å²) in [5, 5.41) is 9.80. The maximum absolute atomic E-state index is 13.2. The maximum Gasteiger partial charge on any atom is 0.256 e. The number of nitrogens with one attached hydrogen (secondary N) is 2. The Morgan fingerprint density at radius 1 is 1.00 bits per heavy atom. The molecule has 29 heavy (non-hydrogen) atoms. The first kappa shape index (κ1) is 18.8. The number of anilines is 1. The van der Waals surface area contributed by atoms with Gasteiger partial charge in [-0.3, -0.25) is 14.7 Å². The highest BCUT2D eigenvalue weighted by molar-refractivity contribution is 6.04. The third-order valence-corrected chi connectivity index (χ3v) is 5.14. The average Bonchev–Trinajstić information content (AvgIpc) is 3.21. The Bertz CT molecular complexity index is 1090. The minimum Gasteiger partial charge on any atom is -0.323 e. The standard InChI is InChI=1S/C21H18F2N4O2/c1-21(2)17-16(11-27(21)20(29)13-5-9-15(23)10-6-13)18(26-25-17)24-19(28)12-3-7-14(22)8-4-12/h3-10H,11H2,1-2H3,(H2,24,25,26,28). The molecule has 3 aromatic rings. The van der Waals surface area contributed by atoms with Gasteiger partial charge in [0.05, 0.1) is 17.8 Å². The predicted octanol–water partition coefficient (Wildman–Crippen LogP) is 3.83. The lowest BCUT2D eigenvalue weighted by atomic mass is 10.00.